The molecule has 6 heteroatoms. The largest absolute Gasteiger partial charge is 0.314 e. The molecule has 0 aliphatic carbocycles. The lowest BCUT2D eigenvalue weighted by Gasteiger charge is -2.34. The molecule has 0 unspecified atom stereocenters. The smallest absolute Gasteiger partial charge is 0.229 e. The van der Waals surface area contributed by atoms with E-state index in [-0.39, 0.29) is 17.2 Å². The van der Waals surface area contributed by atoms with Crippen molar-refractivity contribution < 1.29 is 9.59 Å². The van der Waals surface area contributed by atoms with Gasteiger partial charge in [0.1, 0.15) is 0 Å². The van der Waals surface area contributed by atoms with E-state index in [1.807, 2.05) is 31.4 Å². The standard InChI is InChI=1S/C12H19N3O2S/c1-12(2)6-10(16)15(11(17)7-12)5-4-9-8-14(3)18-13-9/h8,13H,4-7H2,1-3H3. The zero-order chi connectivity index (χ0) is 13.3. The van der Waals surface area contributed by atoms with Crippen molar-refractivity contribution in [3.8, 4) is 0 Å². The molecule has 0 aromatic heterocycles. The van der Waals surface area contributed by atoms with E-state index >= 15 is 0 Å². The van der Waals surface area contributed by atoms with E-state index in [1.54, 1.807) is 0 Å². The Bertz CT molecular complexity index is 386. The summed E-state index contributed by atoms with van der Waals surface area (Å²) in [7, 11) is 1.95. The molecule has 2 aliphatic heterocycles. The summed E-state index contributed by atoms with van der Waals surface area (Å²) in [6, 6.07) is 0. The molecule has 1 N–H and O–H groups in total. The van der Waals surface area contributed by atoms with Gasteiger partial charge in [0.2, 0.25) is 11.8 Å². The molecule has 0 aromatic rings. The first-order chi connectivity index (χ1) is 8.37. The summed E-state index contributed by atoms with van der Waals surface area (Å²) >= 11 is 1.50. The number of hydrogen-bond donors (Lipinski definition) is 1. The minimum atomic E-state index is -0.189. The van der Waals surface area contributed by atoms with Crippen LogP contribution in [0.2, 0.25) is 0 Å². The highest BCUT2D eigenvalue weighted by molar-refractivity contribution is 7.95. The van der Waals surface area contributed by atoms with E-state index in [0.29, 0.717) is 25.8 Å². The average Bonchev–Trinajstić information content (AvgIpc) is 2.61. The summed E-state index contributed by atoms with van der Waals surface area (Å²) in [4.78, 5) is 25.3. The van der Waals surface area contributed by atoms with Gasteiger partial charge in [-0.25, -0.2) is 0 Å². The molecule has 2 rings (SSSR count). The van der Waals surface area contributed by atoms with Crippen LogP contribution in [0.3, 0.4) is 0 Å². The number of imide groups is 1. The molecule has 1 saturated heterocycles. The van der Waals surface area contributed by atoms with Gasteiger partial charge in [0.25, 0.3) is 0 Å². The van der Waals surface area contributed by atoms with Gasteiger partial charge in [-0.2, -0.15) is 0 Å². The minimum Gasteiger partial charge on any atom is -0.314 e. The van der Waals surface area contributed by atoms with Gasteiger partial charge in [-0.15, -0.1) is 0 Å². The van der Waals surface area contributed by atoms with Crippen LogP contribution in [0.15, 0.2) is 11.9 Å². The summed E-state index contributed by atoms with van der Waals surface area (Å²) in [6.07, 6.45) is 3.59. The van der Waals surface area contributed by atoms with Gasteiger partial charge < -0.3 is 9.03 Å². The molecule has 0 bridgehead atoms. The van der Waals surface area contributed by atoms with E-state index in [9.17, 15) is 9.59 Å². The van der Waals surface area contributed by atoms with E-state index in [0.717, 1.165) is 5.70 Å². The van der Waals surface area contributed by atoms with Crippen LogP contribution in [0, 0.1) is 5.41 Å². The van der Waals surface area contributed by atoms with Crippen LogP contribution in [0.5, 0.6) is 0 Å². The fourth-order valence-electron chi connectivity index (χ4n) is 2.21. The van der Waals surface area contributed by atoms with E-state index < -0.39 is 0 Å². The van der Waals surface area contributed by atoms with Crippen molar-refractivity contribution in [2.45, 2.75) is 33.1 Å². The predicted molar refractivity (Wildman–Crippen MR) is 70.9 cm³/mol. The van der Waals surface area contributed by atoms with Crippen LogP contribution >= 0.6 is 12.1 Å². The molecular weight excluding hydrogens is 250 g/mol. The lowest BCUT2D eigenvalue weighted by Crippen LogP contribution is -2.46. The van der Waals surface area contributed by atoms with Crippen LogP contribution in [0.4, 0.5) is 0 Å². The number of piperidine rings is 1. The van der Waals surface area contributed by atoms with E-state index in [4.69, 9.17) is 0 Å². The van der Waals surface area contributed by atoms with Crippen molar-refractivity contribution in [3.05, 3.63) is 11.9 Å². The Kier molecular flexibility index (Phi) is 3.56. The topological polar surface area (TPSA) is 52.7 Å². The highest BCUT2D eigenvalue weighted by Crippen LogP contribution is 2.31. The maximum Gasteiger partial charge on any atom is 0.229 e. The third kappa shape index (κ3) is 2.98. The van der Waals surface area contributed by atoms with Gasteiger partial charge in [-0.1, -0.05) is 13.8 Å². The number of carbonyl (C=O) groups excluding carboxylic acids is 2. The molecule has 2 aliphatic rings. The number of hydrogen-bond acceptors (Lipinski definition) is 5. The second-order valence-corrected chi connectivity index (χ2v) is 6.56. The number of nitrogens with zero attached hydrogens (tertiary/aromatic N) is 2. The summed E-state index contributed by atoms with van der Waals surface area (Å²) in [5, 5.41) is 0. The fourth-order valence-corrected chi connectivity index (χ4v) is 2.81. The molecule has 0 radical (unpaired) electrons. The first kappa shape index (κ1) is 13.3. The van der Waals surface area contributed by atoms with Crippen LogP contribution in [-0.4, -0.2) is 34.6 Å². The number of rotatable bonds is 3. The Morgan fingerprint density at radius 1 is 1.33 bits per heavy atom. The number of nitrogens with one attached hydrogen (secondary N) is 1. The Morgan fingerprint density at radius 2 is 1.94 bits per heavy atom. The van der Waals surface area contributed by atoms with Crippen LogP contribution in [-0.2, 0) is 9.59 Å². The normalized spacial score (nSPS) is 23.2. The maximum absolute atomic E-state index is 11.9. The summed E-state index contributed by atoms with van der Waals surface area (Å²) in [5.41, 5.74) is 0.860. The lowest BCUT2D eigenvalue weighted by atomic mass is 9.82. The first-order valence-electron chi connectivity index (χ1n) is 6.07. The van der Waals surface area contributed by atoms with Gasteiger partial charge in [-0.3, -0.25) is 14.5 Å². The second kappa shape index (κ2) is 4.84. The highest BCUT2D eigenvalue weighted by Gasteiger charge is 2.37. The molecule has 0 atom stereocenters. The minimum absolute atomic E-state index is 0.0455. The number of amides is 2. The van der Waals surface area contributed by atoms with Gasteiger partial charge in [-0.05, 0) is 5.41 Å². The molecule has 100 valence electrons. The average molecular weight is 269 g/mol. The lowest BCUT2D eigenvalue weighted by molar-refractivity contribution is -0.152. The Balaban J connectivity index is 1.92. The van der Waals surface area contributed by atoms with Crippen LogP contribution < -0.4 is 4.72 Å². The van der Waals surface area contributed by atoms with Crippen LogP contribution in [0.1, 0.15) is 33.1 Å². The maximum atomic E-state index is 11.9. The van der Waals surface area contributed by atoms with Gasteiger partial charge in [0.15, 0.2) is 0 Å². The zero-order valence-corrected chi connectivity index (χ0v) is 11.8. The van der Waals surface area contributed by atoms with Crippen molar-refractivity contribution in [3.63, 3.8) is 0 Å². The van der Waals surface area contributed by atoms with Crippen molar-refractivity contribution in [2.75, 3.05) is 13.6 Å². The van der Waals surface area contributed by atoms with Crippen molar-refractivity contribution >= 4 is 23.9 Å². The summed E-state index contributed by atoms with van der Waals surface area (Å²) < 4.78 is 5.10. The molecule has 1 fully saturated rings. The summed E-state index contributed by atoms with van der Waals surface area (Å²) in [5.74, 6) is -0.0910. The van der Waals surface area contributed by atoms with E-state index in [2.05, 4.69) is 4.72 Å². The van der Waals surface area contributed by atoms with Gasteiger partial charge in [0, 0.05) is 44.8 Å². The number of likely N-dealkylation sites (tertiary alicyclic amines) is 1. The van der Waals surface area contributed by atoms with Gasteiger partial charge in [0.05, 0.1) is 12.1 Å². The zero-order valence-electron chi connectivity index (χ0n) is 11.0. The van der Waals surface area contributed by atoms with Gasteiger partial charge >= 0.3 is 0 Å². The third-order valence-corrected chi connectivity index (χ3v) is 3.87. The SMILES string of the molecule is CN1C=C(CCN2C(=O)CC(C)(C)CC2=O)NS1. The third-order valence-electron chi connectivity index (χ3n) is 3.12. The monoisotopic (exact) mass is 269 g/mol. The van der Waals surface area contributed by atoms with Crippen molar-refractivity contribution in [1.29, 1.82) is 0 Å². The molecule has 5 nitrogen and oxygen atoms in total. The van der Waals surface area contributed by atoms with E-state index in [1.165, 1.54) is 17.0 Å². The van der Waals surface area contributed by atoms with Crippen LogP contribution in [0.25, 0.3) is 0 Å². The van der Waals surface area contributed by atoms with Crippen molar-refractivity contribution in [2.24, 2.45) is 5.41 Å². The Labute approximate surface area is 112 Å². The molecule has 2 heterocycles. The summed E-state index contributed by atoms with van der Waals surface area (Å²) in [6.45, 7) is 4.40. The fraction of sp³-hybridized carbons (Fsp3) is 0.667. The molecule has 0 spiro atoms. The predicted octanol–water partition coefficient (Wildman–Crippen LogP) is 1.49. The van der Waals surface area contributed by atoms with Crippen molar-refractivity contribution in [1.82, 2.24) is 13.9 Å². The first-order valence-corrected chi connectivity index (χ1v) is 6.84. The quantitative estimate of drug-likeness (QED) is 0.621. The Morgan fingerprint density at radius 3 is 2.44 bits per heavy atom. The molecule has 18 heavy (non-hydrogen) atoms. The molecule has 0 saturated carbocycles. The number of carbonyl (C=O) groups is 2. The second-order valence-electron chi connectivity index (χ2n) is 5.60. The highest BCUT2D eigenvalue weighted by atomic mass is 32.2. The Hall–Kier alpha value is -1.17. The molecular formula is C12H19N3O2S. The molecule has 2 amide bonds. The molecule has 0 aromatic carbocycles.